The predicted molar refractivity (Wildman–Crippen MR) is 114 cm³/mol. The van der Waals surface area contributed by atoms with Crippen molar-refractivity contribution in [3.05, 3.63) is 60.8 Å². The number of anilines is 1. The van der Waals surface area contributed by atoms with Crippen molar-refractivity contribution >= 4 is 33.4 Å². The topological polar surface area (TPSA) is 110 Å². The average Bonchev–Trinajstić information content (AvgIpc) is 3.08. The molecule has 3 N–H and O–H groups in total. The van der Waals surface area contributed by atoms with E-state index >= 15 is 0 Å². The molecular formula is C19H21N5O3S2. The van der Waals surface area contributed by atoms with Crippen molar-refractivity contribution in [2.24, 2.45) is 0 Å². The predicted octanol–water partition coefficient (Wildman–Crippen LogP) is 2.25. The molecule has 29 heavy (non-hydrogen) atoms. The van der Waals surface area contributed by atoms with Crippen molar-refractivity contribution < 1.29 is 13.2 Å². The van der Waals surface area contributed by atoms with Gasteiger partial charge in [0.25, 0.3) is 0 Å². The van der Waals surface area contributed by atoms with E-state index in [9.17, 15) is 13.2 Å². The smallest absolute Gasteiger partial charge is 0.242 e. The molecular weight excluding hydrogens is 410 g/mol. The van der Waals surface area contributed by atoms with Gasteiger partial charge in [-0.2, -0.15) is 0 Å². The van der Waals surface area contributed by atoms with Gasteiger partial charge in [-0.05, 0) is 24.3 Å². The number of nitrogens with two attached hydrogens (primary N) is 1. The van der Waals surface area contributed by atoms with Gasteiger partial charge in [-0.1, -0.05) is 42.1 Å². The fraction of sp³-hybridized carbons (Fsp3) is 0.158. The van der Waals surface area contributed by atoms with E-state index in [1.807, 2.05) is 30.3 Å². The molecule has 0 saturated carbocycles. The van der Waals surface area contributed by atoms with Crippen molar-refractivity contribution in [2.45, 2.75) is 10.1 Å². The Morgan fingerprint density at radius 1 is 1.14 bits per heavy atom. The lowest BCUT2D eigenvalue weighted by Gasteiger charge is -2.12. The summed E-state index contributed by atoms with van der Waals surface area (Å²) in [6.45, 7) is 0. The van der Waals surface area contributed by atoms with E-state index < -0.39 is 10.0 Å². The zero-order chi connectivity index (χ0) is 21.0. The lowest BCUT2D eigenvalue weighted by molar-refractivity contribution is -0.113. The van der Waals surface area contributed by atoms with E-state index in [2.05, 4.69) is 10.3 Å². The number of aromatic nitrogens is 2. The van der Waals surface area contributed by atoms with Crippen LogP contribution in [-0.4, -0.2) is 48.1 Å². The third-order valence-electron chi connectivity index (χ3n) is 4.02. The van der Waals surface area contributed by atoms with Gasteiger partial charge in [0.2, 0.25) is 15.9 Å². The van der Waals surface area contributed by atoms with Gasteiger partial charge in [-0.25, -0.2) is 22.4 Å². The van der Waals surface area contributed by atoms with Crippen LogP contribution in [0.5, 0.6) is 0 Å². The summed E-state index contributed by atoms with van der Waals surface area (Å²) in [4.78, 5) is 16.9. The summed E-state index contributed by atoms with van der Waals surface area (Å²) in [7, 11) is -0.572. The van der Waals surface area contributed by atoms with Gasteiger partial charge in [0, 0.05) is 25.3 Å². The van der Waals surface area contributed by atoms with E-state index in [4.69, 9.17) is 5.84 Å². The number of thioether (sulfide) groups is 1. The molecule has 0 unspecified atom stereocenters. The van der Waals surface area contributed by atoms with E-state index in [0.717, 1.165) is 15.6 Å². The van der Waals surface area contributed by atoms with Crippen LogP contribution in [0.25, 0.3) is 11.3 Å². The van der Waals surface area contributed by atoms with Crippen LogP contribution in [0.3, 0.4) is 0 Å². The number of amides is 1. The molecule has 0 atom stereocenters. The highest BCUT2D eigenvalue weighted by molar-refractivity contribution is 7.99. The van der Waals surface area contributed by atoms with Crippen LogP contribution in [0.2, 0.25) is 0 Å². The average molecular weight is 432 g/mol. The molecule has 0 fully saturated rings. The molecule has 0 aliphatic carbocycles. The zero-order valence-electron chi connectivity index (χ0n) is 15.9. The van der Waals surface area contributed by atoms with Crippen LogP contribution >= 0.6 is 11.8 Å². The number of nitrogens with one attached hydrogen (secondary N) is 1. The fourth-order valence-electron chi connectivity index (χ4n) is 2.48. The summed E-state index contributed by atoms with van der Waals surface area (Å²) < 4.78 is 26.7. The number of nitrogen functional groups attached to an aromatic ring is 1. The van der Waals surface area contributed by atoms with Crippen molar-refractivity contribution in [3.8, 4) is 11.3 Å². The van der Waals surface area contributed by atoms with Crippen LogP contribution in [0, 0.1) is 0 Å². The maximum atomic E-state index is 12.2. The lowest BCUT2D eigenvalue weighted by Crippen LogP contribution is -2.22. The number of nitrogens with zero attached hydrogens (tertiary/aromatic N) is 3. The Morgan fingerprint density at radius 3 is 2.41 bits per heavy atom. The summed E-state index contributed by atoms with van der Waals surface area (Å²) in [5, 5.41) is 3.25. The second-order valence-electron chi connectivity index (χ2n) is 6.33. The second-order valence-corrected chi connectivity index (χ2v) is 9.43. The minimum atomic E-state index is -3.50. The molecule has 0 radical (unpaired) electrons. The molecule has 152 valence electrons. The van der Waals surface area contributed by atoms with E-state index in [1.54, 1.807) is 18.3 Å². The summed E-state index contributed by atoms with van der Waals surface area (Å²) >= 11 is 1.21. The third-order valence-corrected chi connectivity index (χ3v) is 6.81. The number of hydrogen-bond donors (Lipinski definition) is 2. The largest absolute Gasteiger partial charge is 0.337 e. The van der Waals surface area contributed by atoms with Crippen molar-refractivity contribution in [2.75, 3.05) is 31.0 Å². The molecule has 8 nitrogen and oxygen atoms in total. The maximum Gasteiger partial charge on any atom is 0.242 e. The molecule has 2 aromatic carbocycles. The minimum absolute atomic E-state index is 0.111. The first-order valence-corrected chi connectivity index (χ1v) is 11.0. The first-order valence-electron chi connectivity index (χ1n) is 8.62. The first-order chi connectivity index (χ1) is 13.8. The number of rotatable bonds is 7. The number of benzene rings is 2. The van der Waals surface area contributed by atoms with Crippen LogP contribution in [-0.2, 0) is 14.8 Å². The molecule has 1 aromatic heterocycles. The number of sulfonamides is 1. The molecule has 0 spiro atoms. The maximum absolute atomic E-state index is 12.2. The zero-order valence-corrected chi connectivity index (χ0v) is 17.6. The normalized spacial score (nSPS) is 11.6. The highest BCUT2D eigenvalue weighted by atomic mass is 32.2. The van der Waals surface area contributed by atoms with Gasteiger partial charge in [0.1, 0.15) is 0 Å². The van der Waals surface area contributed by atoms with Gasteiger partial charge >= 0.3 is 0 Å². The van der Waals surface area contributed by atoms with Gasteiger partial charge < -0.3 is 11.2 Å². The van der Waals surface area contributed by atoms with Gasteiger partial charge in [0.15, 0.2) is 5.16 Å². The lowest BCUT2D eigenvalue weighted by atomic mass is 10.2. The van der Waals surface area contributed by atoms with Crippen molar-refractivity contribution in [1.82, 2.24) is 14.0 Å². The van der Waals surface area contributed by atoms with Gasteiger partial charge in [-0.15, -0.1) is 0 Å². The highest BCUT2D eigenvalue weighted by Gasteiger charge is 2.17. The third kappa shape index (κ3) is 4.97. The van der Waals surface area contributed by atoms with Crippen molar-refractivity contribution in [1.29, 1.82) is 0 Å². The van der Waals surface area contributed by atoms with Crippen LogP contribution in [0.15, 0.2) is 70.8 Å². The molecule has 1 heterocycles. The number of hydrogen-bond acceptors (Lipinski definition) is 6. The van der Waals surface area contributed by atoms with E-state index in [1.165, 1.54) is 42.7 Å². The molecule has 1 amide bonds. The highest BCUT2D eigenvalue weighted by Crippen LogP contribution is 2.23. The molecule has 3 rings (SSSR count). The summed E-state index contributed by atoms with van der Waals surface area (Å²) in [5.74, 6) is 5.80. The summed E-state index contributed by atoms with van der Waals surface area (Å²) in [6.07, 6.45) is 1.71. The Bertz CT molecular complexity index is 1090. The summed E-state index contributed by atoms with van der Waals surface area (Å²) in [5.41, 5.74) is 2.18. The van der Waals surface area contributed by atoms with Crippen LogP contribution in [0.1, 0.15) is 0 Å². The fourth-order valence-corrected chi connectivity index (χ4v) is 4.08. The Labute approximate surface area is 173 Å². The van der Waals surface area contributed by atoms with Crippen LogP contribution in [0.4, 0.5) is 5.69 Å². The second kappa shape index (κ2) is 8.68. The Kier molecular flexibility index (Phi) is 6.26. The first kappa shape index (κ1) is 20.9. The van der Waals surface area contributed by atoms with Crippen molar-refractivity contribution in [3.63, 3.8) is 0 Å². The Hall–Kier alpha value is -2.82. The number of carbonyl (C=O) groups is 1. The van der Waals surface area contributed by atoms with Gasteiger partial charge in [-0.3, -0.25) is 4.79 Å². The molecule has 0 aliphatic heterocycles. The minimum Gasteiger partial charge on any atom is -0.337 e. The molecule has 0 aliphatic rings. The standard InChI is InChI=1S/C19H21N5O3S2/c1-23(2)29(26,27)16-10-8-15(9-11-16)21-18(25)13-28-19-22-17(12-24(19)20)14-6-4-3-5-7-14/h3-12H,13,20H2,1-2H3,(H,21,25). The van der Waals surface area contributed by atoms with E-state index in [-0.39, 0.29) is 16.6 Å². The Balaban J connectivity index is 1.60. The molecule has 0 saturated heterocycles. The quantitative estimate of drug-likeness (QED) is 0.439. The molecule has 10 heteroatoms. The molecule has 0 bridgehead atoms. The summed E-state index contributed by atoms with van der Waals surface area (Å²) in [6, 6.07) is 15.6. The van der Waals surface area contributed by atoms with E-state index in [0.29, 0.717) is 10.8 Å². The molecule has 3 aromatic rings. The van der Waals surface area contributed by atoms with Gasteiger partial charge in [0.05, 0.1) is 22.5 Å². The van der Waals surface area contributed by atoms with Crippen LogP contribution < -0.4 is 11.2 Å². The number of carbonyl (C=O) groups excluding carboxylic acids is 1. The number of imidazole rings is 1. The monoisotopic (exact) mass is 431 g/mol. The Morgan fingerprint density at radius 2 is 1.79 bits per heavy atom. The SMILES string of the molecule is CN(C)S(=O)(=O)c1ccc(NC(=O)CSc2nc(-c3ccccc3)cn2N)cc1.